The van der Waals surface area contributed by atoms with Crippen LogP contribution in [0.4, 0.5) is 0 Å². The third-order valence-corrected chi connectivity index (χ3v) is 2.32. The molecule has 1 aliphatic rings. The number of rotatable bonds is 0. The van der Waals surface area contributed by atoms with E-state index in [2.05, 4.69) is 48.6 Å². The summed E-state index contributed by atoms with van der Waals surface area (Å²) in [7, 11) is 0. The summed E-state index contributed by atoms with van der Waals surface area (Å²) in [4.78, 5) is 0. The fourth-order valence-electron chi connectivity index (χ4n) is 1.77. The average Bonchev–Trinajstić information content (AvgIpc) is 2.52. The molecule has 2 aromatic rings. The van der Waals surface area contributed by atoms with E-state index >= 15 is 0 Å². The van der Waals surface area contributed by atoms with Crippen molar-refractivity contribution >= 4 is 16.8 Å². The van der Waals surface area contributed by atoms with Crippen LogP contribution in [0.1, 0.15) is 11.1 Å². The van der Waals surface area contributed by atoms with Gasteiger partial charge in [-0.2, -0.15) is 5.56 Å². The van der Waals surface area contributed by atoms with Gasteiger partial charge in [-0.1, -0.05) is 23.6 Å². The van der Waals surface area contributed by atoms with Gasteiger partial charge in [-0.3, -0.25) is 0 Å². The molecule has 0 heterocycles. The van der Waals surface area contributed by atoms with Crippen LogP contribution in [-0.2, 0) is 0 Å². The molecule has 13 heavy (non-hydrogen) atoms. The fraction of sp³-hybridized carbons (Fsp3) is 0. The van der Waals surface area contributed by atoms with Crippen molar-refractivity contribution in [2.45, 2.75) is 0 Å². The van der Waals surface area contributed by atoms with Gasteiger partial charge in [0.2, 0.25) is 0 Å². The van der Waals surface area contributed by atoms with E-state index in [-0.39, 0.29) is 18.9 Å². The Labute approximate surface area is 89.4 Å². The minimum atomic E-state index is 0. The third kappa shape index (κ3) is 1.15. The number of hydrogen-bond acceptors (Lipinski definition) is 0. The molecule has 0 unspecified atom stereocenters. The van der Waals surface area contributed by atoms with Crippen LogP contribution in [0, 0.1) is 6.08 Å². The molecule has 0 aliphatic heterocycles. The van der Waals surface area contributed by atoms with Crippen molar-refractivity contribution in [1.82, 2.24) is 0 Å². The summed E-state index contributed by atoms with van der Waals surface area (Å²) in [6, 6.07) is 12.7. The smallest absolute Gasteiger partial charge is 0.151 e. The summed E-state index contributed by atoms with van der Waals surface area (Å²) in [5, 5.41) is 2.66. The zero-order chi connectivity index (χ0) is 7.97. The first-order valence-corrected chi connectivity index (χ1v) is 4.07. The van der Waals surface area contributed by atoms with Crippen LogP contribution in [0.3, 0.4) is 0 Å². The molecule has 0 fully saturated rings. The molecule has 56 valence electrons. The minimum Gasteiger partial charge on any atom is -0.151 e. The van der Waals surface area contributed by atoms with Crippen LogP contribution in [-0.4, -0.2) is 0 Å². The van der Waals surface area contributed by atoms with Gasteiger partial charge in [0.1, 0.15) is 0 Å². The second kappa shape index (κ2) is 3.07. The second-order valence-corrected chi connectivity index (χ2v) is 3.04. The van der Waals surface area contributed by atoms with Crippen molar-refractivity contribution in [1.29, 1.82) is 0 Å². The van der Waals surface area contributed by atoms with Crippen LogP contribution in [0.2, 0.25) is 0 Å². The van der Waals surface area contributed by atoms with E-state index in [0.717, 1.165) is 0 Å². The molecule has 0 bridgehead atoms. The maximum atomic E-state index is 3.25. The maximum absolute atomic E-state index is 3.25. The molecule has 0 amide bonds. The van der Waals surface area contributed by atoms with Crippen LogP contribution < -0.4 is 18.9 Å². The Bertz CT molecular complexity index is 443. The van der Waals surface area contributed by atoms with Crippen molar-refractivity contribution < 1.29 is 18.9 Å². The quantitative estimate of drug-likeness (QED) is 0.319. The van der Waals surface area contributed by atoms with Gasteiger partial charge in [-0.05, 0) is 0 Å². The first-order valence-electron chi connectivity index (χ1n) is 4.07. The Kier molecular flexibility index (Phi) is 2.04. The van der Waals surface area contributed by atoms with Crippen molar-refractivity contribution in [2.24, 2.45) is 0 Å². The van der Waals surface area contributed by atoms with E-state index in [0.29, 0.717) is 0 Å². The standard InChI is InChI=1S/C12H7.Li/c1-3-9-4-2-6-11-8-7-10(5-1)12(9)11;/h1-7H;/q-1;+1. The average molecular weight is 158 g/mol. The first-order chi connectivity index (χ1) is 5.95. The molecule has 0 N–H and O–H groups in total. The number of hydrogen-bond donors (Lipinski definition) is 0. The molecule has 3 rings (SSSR count). The summed E-state index contributed by atoms with van der Waals surface area (Å²) < 4.78 is 0. The summed E-state index contributed by atoms with van der Waals surface area (Å²) in [6.45, 7) is 0. The molecule has 1 heteroatoms. The Hall–Kier alpha value is -0.963. The van der Waals surface area contributed by atoms with Crippen molar-refractivity contribution in [3.05, 3.63) is 53.6 Å². The first kappa shape index (κ1) is 8.63. The van der Waals surface area contributed by atoms with E-state index in [1.165, 1.54) is 21.9 Å². The van der Waals surface area contributed by atoms with E-state index < -0.39 is 0 Å². The van der Waals surface area contributed by atoms with Gasteiger partial charge < -0.3 is 0 Å². The largest absolute Gasteiger partial charge is 1.00 e. The summed E-state index contributed by atoms with van der Waals surface area (Å²) in [5.74, 6) is 0. The Morgan fingerprint density at radius 2 is 1.69 bits per heavy atom. The van der Waals surface area contributed by atoms with E-state index in [1.54, 1.807) is 0 Å². The van der Waals surface area contributed by atoms with Crippen LogP contribution >= 0.6 is 0 Å². The van der Waals surface area contributed by atoms with Crippen LogP contribution in [0.25, 0.3) is 16.8 Å². The molecular weight excluding hydrogens is 151 g/mol. The third-order valence-electron chi connectivity index (χ3n) is 2.32. The van der Waals surface area contributed by atoms with Gasteiger partial charge in [0, 0.05) is 0 Å². The normalized spacial score (nSPS) is 11.7. The monoisotopic (exact) mass is 158 g/mol. The summed E-state index contributed by atoms with van der Waals surface area (Å²) in [5.41, 5.74) is 2.52. The number of benzene rings is 2. The summed E-state index contributed by atoms with van der Waals surface area (Å²) in [6.07, 6.45) is 5.30. The van der Waals surface area contributed by atoms with Gasteiger partial charge >= 0.3 is 18.9 Å². The molecule has 0 atom stereocenters. The van der Waals surface area contributed by atoms with Gasteiger partial charge in [0.15, 0.2) is 0 Å². The van der Waals surface area contributed by atoms with Crippen molar-refractivity contribution in [2.75, 3.05) is 0 Å². The molecule has 1 aliphatic carbocycles. The molecule has 0 radical (unpaired) electrons. The van der Waals surface area contributed by atoms with Gasteiger partial charge in [0.05, 0.1) is 0 Å². The fourth-order valence-corrected chi connectivity index (χ4v) is 1.77. The van der Waals surface area contributed by atoms with E-state index in [4.69, 9.17) is 0 Å². The molecule has 0 nitrogen and oxygen atoms in total. The van der Waals surface area contributed by atoms with Crippen molar-refractivity contribution in [3.63, 3.8) is 0 Å². The van der Waals surface area contributed by atoms with Gasteiger partial charge in [-0.15, -0.1) is 41.3 Å². The molecule has 0 aromatic heterocycles. The van der Waals surface area contributed by atoms with Gasteiger partial charge in [0.25, 0.3) is 0 Å². The zero-order valence-electron chi connectivity index (χ0n) is 7.54. The molecule has 0 saturated heterocycles. The van der Waals surface area contributed by atoms with Crippen molar-refractivity contribution in [3.8, 4) is 0 Å². The Morgan fingerprint density at radius 3 is 2.54 bits per heavy atom. The molecular formula is C12H7Li. The van der Waals surface area contributed by atoms with Crippen LogP contribution in [0.15, 0.2) is 36.4 Å². The molecule has 0 spiro atoms. The summed E-state index contributed by atoms with van der Waals surface area (Å²) >= 11 is 0. The second-order valence-electron chi connectivity index (χ2n) is 3.04. The topological polar surface area (TPSA) is 0 Å². The predicted molar refractivity (Wildman–Crippen MR) is 50.8 cm³/mol. The maximum Gasteiger partial charge on any atom is 1.00 e. The predicted octanol–water partition coefficient (Wildman–Crippen LogP) is 0.0219. The van der Waals surface area contributed by atoms with E-state index in [1.807, 2.05) is 0 Å². The van der Waals surface area contributed by atoms with Crippen LogP contribution in [0.5, 0.6) is 0 Å². The van der Waals surface area contributed by atoms with E-state index in [9.17, 15) is 0 Å². The van der Waals surface area contributed by atoms with Gasteiger partial charge in [-0.25, -0.2) is 0 Å². The Morgan fingerprint density at radius 1 is 0.923 bits per heavy atom. The molecule has 0 saturated carbocycles. The zero-order valence-corrected chi connectivity index (χ0v) is 7.54. The molecule has 2 aromatic carbocycles. The minimum absolute atomic E-state index is 0. The SMILES string of the molecule is [C-]1=Cc2cccc3cccc1c23.[Li+]. The Balaban J connectivity index is 0.000000653.